The highest BCUT2D eigenvalue weighted by Gasteiger charge is 2.10. The molecule has 0 bridgehead atoms. The van der Waals surface area contributed by atoms with Crippen molar-refractivity contribution in [2.75, 3.05) is 0 Å². The average Bonchev–Trinajstić information content (AvgIpc) is 2.69. The third kappa shape index (κ3) is 1.87. The van der Waals surface area contributed by atoms with Gasteiger partial charge >= 0.3 is 0 Å². The van der Waals surface area contributed by atoms with Crippen molar-refractivity contribution in [2.24, 2.45) is 5.92 Å². The van der Waals surface area contributed by atoms with Crippen molar-refractivity contribution in [3.8, 4) is 6.07 Å². The number of para-hydroxylation sites is 1. The first-order valence-corrected chi connectivity index (χ1v) is 5.20. The quantitative estimate of drug-likeness (QED) is 0.758. The molecule has 0 aliphatic rings. The number of furan rings is 1. The molecular formula is C13H13NO. The molecule has 0 aliphatic carbocycles. The Hall–Kier alpha value is -1.75. The van der Waals surface area contributed by atoms with Crippen LogP contribution < -0.4 is 0 Å². The summed E-state index contributed by atoms with van der Waals surface area (Å²) in [7, 11) is 0. The summed E-state index contributed by atoms with van der Waals surface area (Å²) >= 11 is 0. The summed E-state index contributed by atoms with van der Waals surface area (Å²) in [4.78, 5) is 0. The van der Waals surface area contributed by atoms with Gasteiger partial charge in [0.1, 0.15) is 5.58 Å². The molecule has 0 amide bonds. The van der Waals surface area contributed by atoms with Crippen molar-refractivity contribution in [1.82, 2.24) is 0 Å². The van der Waals surface area contributed by atoms with Crippen LogP contribution >= 0.6 is 0 Å². The van der Waals surface area contributed by atoms with Gasteiger partial charge < -0.3 is 4.42 Å². The minimum absolute atomic E-state index is 0.0889. The molecule has 0 saturated heterocycles. The smallest absolute Gasteiger partial charge is 0.134 e. The van der Waals surface area contributed by atoms with Crippen LogP contribution in [0.1, 0.15) is 18.9 Å². The Morgan fingerprint density at radius 3 is 2.93 bits per heavy atom. The van der Waals surface area contributed by atoms with E-state index in [0.717, 1.165) is 29.4 Å². The van der Waals surface area contributed by atoms with Crippen molar-refractivity contribution in [1.29, 1.82) is 5.26 Å². The Morgan fingerprint density at radius 1 is 1.40 bits per heavy atom. The van der Waals surface area contributed by atoms with Gasteiger partial charge in [0.2, 0.25) is 0 Å². The van der Waals surface area contributed by atoms with Gasteiger partial charge in [0.05, 0.1) is 18.3 Å². The number of hydrogen-bond acceptors (Lipinski definition) is 2. The molecule has 1 aromatic heterocycles. The van der Waals surface area contributed by atoms with Crippen molar-refractivity contribution >= 4 is 11.0 Å². The SMILES string of the molecule is CCC(C#N)Cc1coc2ccccc12. The molecule has 1 atom stereocenters. The highest BCUT2D eigenvalue weighted by atomic mass is 16.3. The fraction of sp³-hybridized carbons (Fsp3) is 0.308. The molecular weight excluding hydrogens is 186 g/mol. The molecule has 1 unspecified atom stereocenters. The fourth-order valence-corrected chi connectivity index (χ4v) is 1.74. The molecule has 76 valence electrons. The Balaban J connectivity index is 2.33. The number of fused-ring (bicyclic) bond motifs is 1. The van der Waals surface area contributed by atoms with Gasteiger partial charge in [-0.05, 0) is 24.5 Å². The number of hydrogen-bond donors (Lipinski definition) is 0. The van der Waals surface area contributed by atoms with Gasteiger partial charge in [-0.3, -0.25) is 0 Å². The number of benzene rings is 1. The maximum absolute atomic E-state index is 8.92. The molecule has 1 aromatic carbocycles. The van der Waals surface area contributed by atoms with Gasteiger partial charge in [0.15, 0.2) is 0 Å². The van der Waals surface area contributed by atoms with Crippen LogP contribution in [0, 0.1) is 17.2 Å². The zero-order valence-electron chi connectivity index (χ0n) is 8.73. The third-order valence-corrected chi connectivity index (χ3v) is 2.70. The average molecular weight is 199 g/mol. The molecule has 0 fully saturated rings. The van der Waals surface area contributed by atoms with Crippen molar-refractivity contribution in [2.45, 2.75) is 19.8 Å². The summed E-state index contributed by atoms with van der Waals surface area (Å²) in [6, 6.07) is 10.3. The molecule has 0 N–H and O–H groups in total. The van der Waals surface area contributed by atoms with E-state index < -0.39 is 0 Å². The first-order chi connectivity index (χ1) is 7.35. The Kier molecular flexibility index (Phi) is 2.73. The Morgan fingerprint density at radius 2 is 2.20 bits per heavy atom. The highest BCUT2D eigenvalue weighted by Crippen LogP contribution is 2.23. The summed E-state index contributed by atoms with van der Waals surface area (Å²) in [5.74, 6) is 0.0889. The summed E-state index contributed by atoms with van der Waals surface area (Å²) in [5.41, 5.74) is 2.04. The van der Waals surface area contributed by atoms with E-state index in [9.17, 15) is 0 Å². The maximum Gasteiger partial charge on any atom is 0.134 e. The number of rotatable bonds is 3. The van der Waals surface area contributed by atoms with Crippen LogP contribution in [0.25, 0.3) is 11.0 Å². The second kappa shape index (κ2) is 4.18. The van der Waals surface area contributed by atoms with Crippen LogP contribution in [-0.4, -0.2) is 0 Å². The standard InChI is InChI=1S/C13H13NO/c1-2-10(8-14)7-11-9-15-13-6-4-3-5-12(11)13/h3-6,9-10H,2,7H2,1H3. The van der Waals surface area contributed by atoms with E-state index in [0.29, 0.717) is 0 Å². The van der Waals surface area contributed by atoms with E-state index in [1.807, 2.05) is 31.2 Å². The van der Waals surface area contributed by atoms with Gasteiger partial charge in [0.25, 0.3) is 0 Å². The van der Waals surface area contributed by atoms with Crippen LogP contribution in [-0.2, 0) is 6.42 Å². The van der Waals surface area contributed by atoms with Gasteiger partial charge in [-0.15, -0.1) is 0 Å². The summed E-state index contributed by atoms with van der Waals surface area (Å²) in [5, 5.41) is 10.0. The van der Waals surface area contributed by atoms with E-state index in [1.54, 1.807) is 6.26 Å². The summed E-state index contributed by atoms with van der Waals surface area (Å²) in [6.07, 6.45) is 3.44. The molecule has 0 saturated carbocycles. The molecule has 2 rings (SSSR count). The van der Waals surface area contributed by atoms with Crippen LogP contribution in [0.2, 0.25) is 0 Å². The lowest BCUT2D eigenvalue weighted by Gasteiger charge is -2.02. The maximum atomic E-state index is 8.92. The summed E-state index contributed by atoms with van der Waals surface area (Å²) < 4.78 is 5.43. The van der Waals surface area contributed by atoms with Crippen molar-refractivity contribution < 1.29 is 4.42 Å². The van der Waals surface area contributed by atoms with Gasteiger partial charge in [0, 0.05) is 5.39 Å². The predicted molar refractivity (Wildman–Crippen MR) is 59.3 cm³/mol. The lowest BCUT2D eigenvalue weighted by Crippen LogP contribution is -1.98. The van der Waals surface area contributed by atoms with Crippen molar-refractivity contribution in [3.63, 3.8) is 0 Å². The summed E-state index contributed by atoms with van der Waals surface area (Å²) in [6.45, 7) is 2.04. The van der Waals surface area contributed by atoms with Crippen LogP contribution in [0.3, 0.4) is 0 Å². The first kappa shape index (κ1) is 9.79. The van der Waals surface area contributed by atoms with Crippen LogP contribution in [0.5, 0.6) is 0 Å². The normalized spacial score (nSPS) is 12.5. The number of nitrogens with zero attached hydrogens (tertiary/aromatic N) is 1. The largest absolute Gasteiger partial charge is 0.464 e. The molecule has 0 spiro atoms. The van der Waals surface area contributed by atoms with Gasteiger partial charge in [-0.2, -0.15) is 5.26 Å². The minimum atomic E-state index is 0.0889. The molecule has 0 radical (unpaired) electrons. The van der Waals surface area contributed by atoms with E-state index in [2.05, 4.69) is 6.07 Å². The Bertz CT molecular complexity index is 492. The topological polar surface area (TPSA) is 36.9 Å². The molecule has 0 aliphatic heterocycles. The monoisotopic (exact) mass is 199 g/mol. The molecule has 15 heavy (non-hydrogen) atoms. The van der Waals surface area contributed by atoms with Crippen molar-refractivity contribution in [3.05, 3.63) is 36.1 Å². The van der Waals surface area contributed by atoms with E-state index in [-0.39, 0.29) is 5.92 Å². The van der Waals surface area contributed by atoms with E-state index in [1.165, 1.54) is 0 Å². The predicted octanol–water partition coefficient (Wildman–Crippen LogP) is 3.53. The molecule has 2 heteroatoms. The lowest BCUT2D eigenvalue weighted by atomic mass is 9.98. The van der Waals surface area contributed by atoms with Crippen LogP contribution in [0.15, 0.2) is 34.9 Å². The molecule has 1 heterocycles. The highest BCUT2D eigenvalue weighted by molar-refractivity contribution is 5.80. The second-order valence-corrected chi connectivity index (χ2v) is 3.70. The molecule has 2 aromatic rings. The number of nitriles is 1. The first-order valence-electron chi connectivity index (χ1n) is 5.20. The zero-order valence-corrected chi connectivity index (χ0v) is 8.73. The Labute approximate surface area is 89.1 Å². The lowest BCUT2D eigenvalue weighted by molar-refractivity contribution is 0.593. The van der Waals surface area contributed by atoms with Gasteiger partial charge in [-0.1, -0.05) is 25.1 Å². The zero-order chi connectivity index (χ0) is 10.7. The fourth-order valence-electron chi connectivity index (χ4n) is 1.74. The second-order valence-electron chi connectivity index (χ2n) is 3.70. The third-order valence-electron chi connectivity index (χ3n) is 2.70. The van der Waals surface area contributed by atoms with E-state index >= 15 is 0 Å². The minimum Gasteiger partial charge on any atom is -0.464 e. The molecule has 2 nitrogen and oxygen atoms in total. The van der Waals surface area contributed by atoms with Gasteiger partial charge in [-0.25, -0.2) is 0 Å². The van der Waals surface area contributed by atoms with E-state index in [4.69, 9.17) is 9.68 Å². The van der Waals surface area contributed by atoms with Crippen LogP contribution in [0.4, 0.5) is 0 Å².